The lowest BCUT2D eigenvalue weighted by Crippen LogP contribution is -2.30. The van der Waals surface area contributed by atoms with Crippen LogP contribution in [0.15, 0.2) is 23.3 Å². The van der Waals surface area contributed by atoms with Crippen molar-refractivity contribution in [3.05, 3.63) is 23.3 Å². The van der Waals surface area contributed by atoms with E-state index in [1.165, 1.54) is 11.1 Å². The highest BCUT2D eigenvalue weighted by Gasteiger charge is 2.26. The number of nitrogens with one attached hydrogen (secondary N) is 1. The first-order valence-corrected chi connectivity index (χ1v) is 7.26. The molecule has 1 N–H and O–H groups in total. The standard InChI is InChI=1S/C16H28N2O/c1-13(2)6-5-7-14(3)8-10-18-11-9-15(12-18)16(19)17-4/h6,8,15H,5,7,9-12H2,1-4H3,(H,17,19). The van der Waals surface area contributed by atoms with E-state index in [2.05, 4.69) is 43.1 Å². The normalized spacial score (nSPS) is 20.4. The zero-order valence-corrected chi connectivity index (χ0v) is 12.8. The van der Waals surface area contributed by atoms with E-state index in [1.54, 1.807) is 7.05 Å². The fraction of sp³-hybridized carbons (Fsp3) is 0.688. The quantitative estimate of drug-likeness (QED) is 0.748. The predicted molar refractivity (Wildman–Crippen MR) is 81.0 cm³/mol. The lowest BCUT2D eigenvalue weighted by atomic mass is 10.1. The number of rotatable bonds is 6. The molecule has 1 amide bonds. The molecule has 1 atom stereocenters. The van der Waals surface area contributed by atoms with E-state index in [-0.39, 0.29) is 11.8 Å². The van der Waals surface area contributed by atoms with Crippen molar-refractivity contribution in [1.82, 2.24) is 10.2 Å². The van der Waals surface area contributed by atoms with Gasteiger partial charge in [0.15, 0.2) is 0 Å². The van der Waals surface area contributed by atoms with Gasteiger partial charge in [0, 0.05) is 20.1 Å². The summed E-state index contributed by atoms with van der Waals surface area (Å²) in [6.45, 7) is 9.40. The molecule has 0 aromatic heterocycles. The summed E-state index contributed by atoms with van der Waals surface area (Å²) in [6.07, 6.45) is 7.85. The fourth-order valence-electron chi connectivity index (χ4n) is 2.39. The number of carbonyl (C=O) groups is 1. The monoisotopic (exact) mass is 264 g/mol. The molecule has 108 valence electrons. The molecule has 3 heteroatoms. The maximum atomic E-state index is 11.5. The molecule has 1 fully saturated rings. The minimum Gasteiger partial charge on any atom is -0.359 e. The van der Waals surface area contributed by atoms with E-state index in [0.717, 1.165) is 38.9 Å². The summed E-state index contributed by atoms with van der Waals surface area (Å²) >= 11 is 0. The third-order valence-electron chi connectivity index (χ3n) is 3.68. The van der Waals surface area contributed by atoms with Crippen LogP contribution in [0.2, 0.25) is 0 Å². The Morgan fingerprint density at radius 3 is 2.68 bits per heavy atom. The number of amides is 1. The molecule has 3 nitrogen and oxygen atoms in total. The number of carbonyl (C=O) groups excluding carboxylic acids is 1. The van der Waals surface area contributed by atoms with Gasteiger partial charge < -0.3 is 5.32 Å². The van der Waals surface area contributed by atoms with Crippen LogP contribution < -0.4 is 5.32 Å². The second-order valence-electron chi connectivity index (χ2n) is 5.73. The maximum Gasteiger partial charge on any atom is 0.224 e. The van der Waals surface area contributed by atoms with E-state index in [4.69, 9.17) is 0 Å². The van der Waals surface area contributed by atoms with E-state index in [0.29, 0.717) is 0 Å². The van der Waals surface area contributed by atoms with Crippen molar-refractivity contribution < 1.29 is 4.79 Å². The summed E-state index contributed by atoms with van der Waals surface area (Å²) in [5.74, 6) is 0.371. The highest BCUT2D eigenvalue weighted by molar-refractivity contribution is 5.78. The number of allylic oxidation sites excluding steroid dienone is 3. The van der Waals surface area contributed by atoms with Crippen LogP contribution in [-0.4, -0.2) is 37.5 Å². The van der Waals surface area contributed by atoms with E-state index in [9.17, 15) is 4.79 Å². The lowest BCUT2D eigenvalue weighted by molar-refractivity contribution is -0.124. The van der Waals surface area contributed by atoms with Gasteiger partial charge in [-0.3, -0.25) is 9.69 Å². The van der Waals surface area contributed by atoms with Gasteiger partial charge in [-0.2, -0.15) is 0 Å². The van der Waals surface area contributed by atoms with Crippen LogP contribution in [0.1, 0.15) is 40.0 Å². The molecule has 0 radical (unpaired) electrons. The topological polar surface area (TPSA) is 32.3 Å². The molecule has 1 rings (SSSR count). The summed E-state index contributed by atoms with van der Waals surface area (Å²) in [5, 5.41) is 2.74. The van der Waals surface area contributed by atoms with Crippen LogP contribution in [0.3, 0.4) is 0 Å². The Kier molecular flexibility index (Phi) is 6.85. The highest BCUT2D eigenvalue weighted by atomic mass is 16.1. The molecule has 1 aliphatic rings. The van der Waals surface area contributed by atoms with Crippen LogP contribution in [0.5, 0.6) is 0 Å². The zero-order valence-electron chi connectivity index (χ0n) is 12.8. The first kappa shape index (κ1) is 16.0. The van der Waals surface area contributed by atoms with Crippen molar-refractivity contribution in [2.75, 3.05) is 26.7 Å². The number of hydrogen-bond donors (Lipinski definition) is 1. The average Bonchev–Trinajstić information content (AvgIpc) is 2.83. The van der Waals surface area contributed by atoms with Gasteiger partial charge in [-0.05, 0) is 46.6 Å². The van der Waals surface area contributed by atoms with Crippen molar-refractivity contribution >= 4 is 5.91 Å². The number of likely N-dealkylation sites (tertiary alicyclic amines) is 1. The Hall–Kier alpha value is -1.09. The summed E-state index contributed by atoms with van der Waals surface area (Å²) in [7, 11) is 1.72. The molecular formula is C16H28N2O. The molecule has 0 aliphatic carbocycles. The van der Waals surface area contributed by atoms with Crippen molar-refractivity contribution in [3.63, 3.8) is 0 Å². The van der Waals surface area contributed by atoms with E-state index >= 15 is 0 Å². The maximum absolute atomic E-state index is 11.5. The molecule has 0 aromatic rings. The molecular weight excluding hydrogens is 236 g/mol. The summed E-state index contributed by atoms with van der Waals surface area (Å²) in [6, 6.07) is 0. The Balaban J connectivity index is 2.29. The highest BCUT2D eigenvalue weighted by Crippen LogP contribution is 2.16. The Morgan fingerprint density at radius 2 is 2.05 bits per heavy atom. The molecule has 0 saturated carbocycles. The smallest absolute Gasteiger partial charge is 0.224 e. The van der Waals surface area contributed by atoms with Crippen LogP contribution >= 0.6 is 0 Å². The first-order valence-electron chi connectivity index (χ1n) is 7.26. The van der Waals surface area contributed by atoms with Crippen LogP contribution in [0, 0.1) is 5.92 Å². The Morgan fingerprint density at radius 1 is 1.32 bits per heavy atom. The fourth-order valence-corrected chi connectivity index (χ4v) is 2.39. The average molecular weight is 264 g/mol. The van der Waals surface area contributed by atoms with Gasteiger partial charge in [0.1, 0.15) is 0 Å². The third kappa shape index (κ3) is 6.06. The van der Waals surface area contributed by atoms with Gasteiger partial charge in [-0.1, -0.05) is 23.3 Å². The predicted octanol–water partition coefficient (Wildman–Crippen LogP) is 2.75. The Bertz CT molecular complexity index is 354. The minimum atomic E-state index is 0.185. The molecule has 1 aliphatic heterocycles. The van der Waals surface area contributed by atoms with Gasteiger partial charge in [-0.15, -0.1) is 0 Å². The van der Waals surface area contributed by atoms with Crippen LogP contribution in [0.25, 0.3) is 0 Å². The van der Waals surface area contributed by atoms with Crippen molar-refractivity contribution in [1.29, 1.82) is 0 Å². The molecule has 1 saturated heterocycles. The number of hydrogen-bond acceptors (Lipinski definition) is 2. The molecule has 1 heterocycles. The lowest BCUT2D eigenvalue weighted by Gasteiger charge is -2.13. The second kappa shape index (κ2) is 8.16. The summed E-state index contributed by atoms with van der Waals surface area (Å²) < 4.78 is 0. The van der Waals surface area contributed by atoms with E-state index < -0.39 is 0 Å². The van der Waals surface area contributed by atoms with Gasteiger partial charge >= 0.3 is 0 Å². The van der Waals surface area contributed by atoms with Crippen molar-refractivity contribution in [2.45, 2.75) is 40.0 Å². The van der Waals surface area contributed by atoms with Crippen LogP contribution in [0.4, 0.5) is 0 Å². The molecule has 0 spiro atoms. The summed E-state index contributed by atoms with van der Waals surface area (Å²) in [4.78, 5) is 13.9. The first-order chi connectivity index (χ1) is 9.02. The molecule has 0 aromatic carbocycles. The number of nitrogens with zero attached hydrogens (tertiary/aromatic N) is 1. The van der Waals surface area contributed by atoms with Gasteiger partial charge in [0.05, 0.1) is 5.92 Å². The zero-order chi connectivity index (χ0) is 14.3. The molecule has 0 bridgehead atoms. The Labute approximate surface area is 117 Å². The van der Waals surface area contributed by atoms with Crippen molar-refractivity contribution in [3.8, 4) is 0 Å². The van der Waals surface area contributed by atoms with Crippen molar-refractivity contribution in [2.24, 2.45) is 5.92 Å². The van der Waals surface area contributed by atoms with Gasteiger partial charge in [0.25, 0.3) is 0 Å². The van der Waals surface area contributed by atoms with Crippen LogP contribution in [-0.2, 0) is 4.79 Å². The molecule has 19 heavy (non-hydrogen) atoms. The second-order valence-corrected chi connectivity index (χ2v) is 5.73. The third-order valence-corrected chi connectivity index (χ3v) is 3.68. The largest absolute Gasteiger partial charge is 0.359 e. The van der Waals surface area contributed by atoms with Gasteiger partial charge in [-0.25, -0.2) is 0 Å². The van der Waals surface area contributed by atoms with E-state index in [1.807, 2.05) is 0 Å². The summed E-state index contributed by atoms with van der Waals surface area (Å²) in [5.41, 5.74) is 2.83. The SMILES string of the molecule is CNC(=O)C1CCN(CC=C(C)CCC=C(C)C)C1. The molecule has 1 unspecified atom stereocenters. The minimum absolute atomic E-state index is 0.185. The van der Waals surface area contributed by atoms with Gasteiger partial charge in [0.2, 0.25) is 5.91 Å².